The van der Waals surface area contributed by atoms with Gasteiger partial charge in [-0.2, -0.15) is 0 Å². The van der Waals surface area contributed by atoms with E-state index in [1.807, 2.05) is 20.8 Å². The van der Waals surface area contributed by atoms with Crippen LogP contribution in [0.5, 0.6) is 0 Å². The Bertz CT molecular complexity index is 737. The summed E-state index contributed by atoms with van der Waals surface area (Å²) < 4.78 is 17.9. The number of thiophene rings is 2. The molecule has 2 heterocycles. The van der Waals surface area contributed by atoms with E-state index in [0.717, 1.165) is 24.7 Å². The molecule has 0 atom stereocenters. The Kier molecular flexibility index (Phi) is 5.91. The Morgan fingerprint density at radius 2 is 1.43 bits per heavy atom. The van der Waals surface area contributed by atoms with Crippen molar-refractivity contribution < 1.29 is 14.2 Å². The summed E-state index contributed by atoms with van der Waals surface area (Å²) in [6, 6.07) is 2.08. The van der Waals surface area contributed by atoms with E-state index in [2.05, 4.69) is 25.8 Å². The molecule has 0 aliphatic carbocycles. The van der Waals surface area contributed by atoms with E-state index in [1.165, 1.54) is 0 Å². The van der Waals surface area contributed by atoms with Gasteiger partial charge in [0.1, 0.15) is 17.3 Å². The lowest BCUT2D eigenvalue weighted by Gasteiger charge is -2.11. The zero-order valence-corrected chi connectivity index (χ0v) is 15.5. The van der Waals surface area contributed by atoms with Crippen LogP contribution in [0, 0.1) is 0 Å². The van der Waals surface area contributed by atoms with Crippen LogP contribution in [0.1, 0.15) is 36.1 Å². The third-order valence-corrected chi connectivity index (χ3v) is 5.66. The highest BCUT2D eigenvalue weighted by molar-refractivity contribution is 7.39. The van der Waals surface area contributed by atoms with Crippen LogP contribution >= 0.6 is 22.7 Å². The molecular formula is C18H22O3S2. The fourth-order valence-electron chi connectivity index (χ4n) is 2.23. The summed E-state index contributed by atoms with van der Waals surface area (Å²) in [5.41, 5.74) is 0.956. The highest BCUT2D eigenvalue weighted by Gasteiger charge is 2.21. The van der Waals surface area contributed by atoms with Crippen LogP contribution in [0.3, 0.4) is 0 Å². The van der Waals surface area contributed by atoms with E-state index < -0.39 is 0 Å². The maximum atomic E-state index is 5.65. The molecule has 0 spiro atoms. The molecule has 2 rings (SSSR count). The van der Waals surface area contributed by atoms with Crippen LogP contribution < -0.4 is 0 Å². The maximum absolute atomic E-state index is 5.65. The van der Waals surface area contributed by atoms with Gasteiger partial charge >= 0.3 is 0 Å². The molecule has 0 bridgehead atoms. The summed E-state index contributed by atoms with van der Waals surface area (Å²) in [6.45, 7) is 19.7. The van der Waals surface area contributed by atoms with Crippen LogP contribution in [0.2, 0.25) is 0 Å². The van der Waals surface area contributed by atoms with Gasteiger partial charge in [-0.15, -0.1) is 22.7 Å². The first-order valence-electron chi connectivity index (χ1n) is 7.55. The third kappa shape index (κ3) is 3.62. The lowest BCUT2D eigenvalue weighted by molar-refractivity contribution is 0.294. The summed E-state index contributed by atoms with van der Waals surface area (Å²) in [5, 5.41) is 1.09. The lowest BCUT2D eigenvalue weighted by atomic mass is 10.1. The number of hydrogen-bond acceptors (Lipinski definition) is 5. The first-order chi connectivity index (χ1) is 11.0. The molecule has 0 amide bonds. The third-order valence-electron chi connectivity index (χ3n) is 3.15. The van der Waals surface area contributed by atoms with E-state index >= 15 is 0 Å². The van der Waals surface area contributed by atoms with Crippen LogP contribution in [0.4, 0.5) is 0 Å². The molecular weight excluding hydrogens is 328 g/mol. The van der Waals surface area contributed by atoms with E-state index in [1.54, 1.807) is 22.7 Å². The molecule has 0 unspecified atom stereocenters. The van der Waals surface area contributed by atoms with E-state index in [-0.39, 0.29) is 0 Å². The minimum Gasteiger partial charge on any atom is -0.494 e. The SMILES string of the molecule is C=C(OCC)c1cc2c(C(=C)OCC)c(C(=C)OCC)sc2s1. The second kappa shape index (κ2) is 7.70. The van der Waals surface area contributed by atoms with Crippen LogP contribution in [0.15, 0.2) is 25.8 Å². The van der Waals surface area contributed by atoms with Gasteiger partial charge in [0.25, 0.3) is 0 Å². The van der Waals surface area contributed by atoms with Crippen molar-refractivity contribution in [3.8, 4) is 0 Å². The largest absolute Gasteiger partial charge is 0.494 e. The van der Waals surface area contributed by atoms with Gasteiger partial charge in [0.15, 0.2) is 0 Å². The molecule has 3 nitrogen and oxygen atoms in total. The standard InChI is InChI=1S/C18H22O3S2/c1-7-19-11(4)15-10-14-16(12(5)20-8-2)17(13(6)21-9-3)23-18(14)22-15/h10H,4-9H2,1-3H3. The van der Waals surface area contributed by atoms with Gasteiger partial charge in [-0.25, -0.2) is 0 Å². The van der Waals surface area contributed by atoms with Gasteiger partial charge in [-0.1, -0.05) is 19.7 Å². The minimum absolute atomic E-state index is 0.569. The fourth-order valence-corrected chi connectivity index (χ4v) is 4.69. The predicted molar refractivity (Wildman–Crippen MR) is 102 cm³/mol. The highest BCUT2D eigenvalue weighted by Crippen LogP contribution is 2.44. The molecule has 0 saturated heterocycles. The number of rotatable bonds is 9. The lowest BCUT2D eigenvalue weighted by Crippen LogP contribution is -1.95. The number of hydrogen-bond donors (Lipinski definition) is 0. The Hall–Kier alpha value is -1.72. The molecule has 0 N–H and O–H groups in total. The molecule has 5 heteroatoms. The van der Waals surface area contributed by atoms with E-state index in [0.29, 0.717) is 37.1 Å². The Balaban J connectivity index is 2.53. The van der Waals surface area contributed by atoms with Crippen molar-refractivity contribution in [2.24, 2.45) is 0 Å². The van der Waals surface area contributed by atoms with Crippen LogP contribution in [0.25, 0.3) is 26.7 Å². The maximum Gasteiger partial charge on any atom is 0.130 e. The average Bonchev–Trinajstić information content (AvgIpc) is 3.05. The highest BCUT2D eigenvalue weighted by atomic mass is 32.2. The monoisotopic (exact) mass is 350 g/mol. The summed E-state index contributed by atoms with van der Waals surface area (Å²) in [7, 11) is 0. The van der Waals surface area contributed by atoms with Crippen molar-refractivity contribution in [3.63, 3.8) is 0 Å². The number of fused-ring (bicyclic) bond motifs is 1. The van der Waals surface area contributed by atoms with Crippen LogP contribution in [-0.4, -0.2) is 19.8 Å². The zero-order valence-electron chi connectivity index (χ0n) is 13.9. The smallest absolute Gasteiger partial charge is 0.130 e. The van der Waals surface area contributed by atoms with Crippen molar-refractivity contribution in [1.82, 2.24) is 0 Å². The van der Waals surface area contributed by atoms with Gasteiger partial charge in [0, 0.05) is 10.9 Å². The average molecular weight is 351 g/mol. The second-order valence-electron chi connectivity index (χ2n) is 4.69. The van der Waals surface area contributed by atoms with Crippen molar-refractivity contribution in [3.05, 3.63) is 41.1 Å². The van der Waals surface area contributed by atoms with Gasteiger partial charge in [0.05, 0.1) is 33.6 Å². The van der Waals surface area contributed by atoms with Gasteiger partial charge < -0.3 is 14.2 Å². The summed E-state index contributed by atoms with van der Waals surface area (Å²) in [5.74, 6) is 1.99. The zero-order chi connectivity index (χ0) is 17.0. The Morgan fingerprint density at radius 1 is 0.870 bits per heavy atom. The van der Waals surface area contributed by atoms with Crippen molar-refractivity contribution >= 4 is 49.4 Å². The first-order valence-corrected chi connectivity index (χ1v) is 9.19. The minimum atomic E-state index is 0.569. The normalized spacial score (nSPS) is 10.6. The molecule has 124 valence electrons. The molecule has 23 heavy (non-hydrogen) atoms. The van der Waals surface area contributed by atoms with E-state index in [9.17, 15) is 0 Å². The summed E-state index contributed by atoms with van der Waals surface area (Å²) in [4.78, 5) is 1.99. The topological polar surface area (TPSA) is 27.7 Å². The quantitative estimate of drug-likeness (QED) is 0.520. The molecule has 2 aromatic heterocycles. The number of ether oxygens (including phenoxy) is 3. The molecule has 0 radical (unpaired) electrons. The molecule has 0 saturated carbocycles. The van der Waals surface area contributed by atoms with Crippen LogP contribution in [-0.2, 0) is 14.2 Å². The van der Waals surface area contributed by atoms with Gasteiger partial charge in [-0.05, 0) is 26.8 Å². The molecule has 2 aromatic rings. The molecule has 0 fully saturated rings. The van der Waals surface area contributed by atoms with Gasteiger partial charge in [0.2, 0.25) is 0 Å². The Labute approximate surface area is 145 Å². The van der Waals surface area contributed by atoms with Crippen molar-refractivity contribution in [2.75, 3.05) is 19.8 Å². The fraction of sp³-hybridized carbons (Fsp3) is 0.333. The van der Waals surface area contributed by atoms with Crippen molar-refractivity contribution in [1.29, 1.82) is 0 Å². The van der Waals surface area contributed by atoms with Gasteiger partial charge in [-0.3, -0.25) is 0 Å². The Morgan fingerprint density at radius 3 is 2.04 bits per heavy atom. The molecule has 0 aliphatic rings. The second-order valence-corrected chi connectivity index (χ2v) is 7.02. The predicted octanol–water partition coefficient (Wildman–Crippen LogP) is 5.98. The van der Waals surface area contributed by atoms with E-state index in [4.69, 9.17) is 14.2 Å². The van der Waals surface area contributed by atoms with Crippen molar-refractivity contribution in [2.45, 2.75) is 20.8 Å². The molecule has 0 aliphatic heterocycles. The molecule has 0 aromatic carbocycles. The summed E-state index contributed by atoms with van der Waals surface area (Å²) >= 11 is 3.29. The first kappa shape index (κ1) is 17.6. The summed E-state index contributed by atoms with van der Waals surface area (Å²) in [6.07, 6.45) is 0.